The molecule has 0 bridgehead atoms. The molecule has 1 aromatic heterocycles. The maximum atomic E-state index is 12.1. The van der Waals surface area contributed by atoms with Gasteiger partial charge in [0, 0.05) is 133 Å². The van der Waals surface area contributed by atoms with E-state index in [1.165, 1.54) is 96.2 Å². The Morgan fingerprint density at radius 2 is 1.03 bits per heavy atom. The van der Waals surface area contributed by atoms with Gasteiger partial charge in [-0.25, -0.2) is 4.98 Å². The average molecular weight is 1220 g/mol. The van der Waals surface area contributed by atoms with Crippen LogP contribution in [0.5, 0.6) is 0 Å². The van der Waals surface area contributed by atoms with Crippen LogP contribution in [0.2, 0.25) is 0 Å². The lowest BCUT2D eigenvalue weighted by Gasteiger charge is -2.34. The lowest BCUT2D eigenvalue weighted by molar-refractivity contribution is -0.144. The summed E-state index contributed by atoms with van der Waals surface area (Å²) in [5.41, 5.74) is 16.6. The molecule has 17 heteroatoms. The maximum absolute atomic E-state index is 12.1. The van der Waals surface area contributed by atoms with Crippen molar-refractivity contribution in [3.63, 3.8) is 0 Å². The fourth-order valence-electron chi connectivity index (χ4n) is 8.14. The molecule has 2 fully saturated rings. The highest BCUT2D eigenvalue weighted by Crippen LogP contribution is 2.16. The van der Waals surface area contributed by atoms with Crippen LogP contribution in [0.15, 0.2) is 40.5 Å². The molecule has 0 saturated carbocycles. The van der Waals surface area contributed by atoms with Crippen molar-refractivity contribution in [2.45, 2.75) is 277 Å². The van der Waals surface area contributed by atoms with E-state index in [-0.39, 0.29) is 30.0 Å². The summed E-state index contributed by atoms with van der Waals surface area (Å²) in [6, 6.07) is 3.51. The van der Waals surface area contributed by atoms with Gasteiger partial charge in [-0.3, -0.25) is 34.3 Å². The van der Waals surface area contributed by atoms with Crippen LogP contribution in [0, 0.1) is 17.8 Å². The van der Waals surface area contributed by atoms with Gasteiger partial charge in [-0.2, -0.15) is 0 Å². The lowest BCUT2D eigenvalue weighted by Crippen LogP contribution is -2.47. The highest BCUT2D eigenvalue weighted by molar-refractivity contribution is 5.75. The third kappa shape index (κ3) is 65.0. The van der Waals surface area contributed by atoms with E-state index in [0.717, 1.165) is 69.1 Å². The van der Waals surface area contributed by atoms with Gasteiger partial charge in [0.1, 0.15) is 0 Å². The first-order valence-corrected chi connectivity index (χ1v) is 33.9. The second kappa shape index (κ2) is 59.2. The van der Waals surface area contributed by atoms with Crippen LogP contribution in [0.3, 0.4) is 0 Å². The fourth-order valence-corrected chi connectivity index (χ4v) is 8.14. The number of hydrogen-bond donors (Lipinski definition) is 4. The van der Waals surface area contributed by atoms with Crippen molar-refractivity contribution in [1.29, 1.82) is 0 Å². The summed E-state index contributed by atoms with van der Waals surface area (Å²) >= 11 is 0. The van der Waals surface area contributed by atoms with Crippen LogP contribution < -0.4 is 22.5 Å². The Balaban J connectivity index is -0.000000518. The summed E-state index contributed by atoms with van der Waals surface area (Å²) in [5.74, 6) is 2.14. The summed E-state index contributed by atoms with van der Waals surface area (Å²) in [4.78, 5) is 47.6. The van der Waals surface area contributed by atoms with Crippen molar-refractivity contribution in [2.75, 3.05) is 99.8 Å². The van der Waals surface area contributed by atoms with E-state index in [0.29, 0.717) is 63.2 Å². The fraction of sp³-hybridized carbons (Fsp3) is 0.870. The van der Waals surface area contributed by atoms with E-state index in [9.17, 15) is 9.59 Å². The van der Waals surface area contributed by atoms with Gasteiger partial charge in [-0.1, -0.05) is 120 Å². The first kappa shape index (κ1) is 89.0. The van der Waals surface area contributed by atoms with E-state index in [2.05, 4.69) is 181 Å². The van der Waals surface area contributed by atoms with Gasteiger partial charge in [0.15, 0.2) is 5.96 Å². The number of nitrogens with one attached hydrogen (secondary N) is 1. The Hall–Kier alpha value is -3.45. The largest absolute Gasteiger partial charge is 0.466 e. The summed E-state index contributed by atoms with van der Waals surface area (Å²) in [5, 5.41) is 3.33. The van der Waals surface area contributed by atoms with E-state index in [1.807, 2.05) is 52.6 Å². The number of carbonyl (C=O) groups excluding carboxylic acids is 2. The minimum Gasteiger partial charge on any atom is -0.466 e. The topological polar surface area (TPSA) is 201 Å². The van der Waals surface area contributed by atoms with Crippen molar-refractivity contribution >= 4 is 24.1 Å². The van der Waals surface area contributed by atoms with Crippen LogP contribution in [-0.4, -0.2) is 194 Å². The first-order valence-electron chi connectivity index (χ1n) is 33.9. The van der Waals surface area contributed by atoms with Crippen LogP contribution in [-0.2, 0) is 19.1 Å². The number of carbonyl (C=O) groups is 2. The van der Waals surface area contributed by atoms with Crippen molar-refractivity contribution in [3.05, 3.63) is 30.5 Å². The summed E-state index contributed by atoms with van der Waals surface area (Å²) in [6.45, 7) is 55.0. The quantitative estimate of drug-likeness (QED) is 0.0255. The molecule has 0 unspecified atom stereocenters. The smallest absolute Gasteiger partial charge is 0.307 e. The Kier molecular flexibility index (Phi) is 61.2. The zero-order chi connectivity index (χ0) is 66.4. The minimum absolute atomic E-state index is 0.138. The van der Waals surface area contributed by atoms with E-state index in [1.54, 1.807) is 6.20 Å². The molecule has 0 aromatic carbocycles. The Morgan fingerprint density at radius 3 is 1.30 bits per heavy atom. The molecule has 510 valence electrons. The molecule has 86 heavy (non-hydrogen) atoms. The lowest BCUT2D eigenvalue weighted by atomic mass is 10.0. The molecule has 0 amide bonds. The number of guanidine groups is 1. The van der Waals surface area contributed by atoms with Gasteiger partial charge in [0.25, 0.3) is 0 Å². The van der Waals surface area contributed by atoms with Gasteiger partial charge < -0.3 is 46.4 Å². The van der Waals surface area contributed by atoms with Crippen molar-refractivity contribution < 1.29 is 19.1 Å². The highest BCUT2D eigenvalue weighted by atomic mass is 16.5. The normalized spacial score (nSPS) is 14.3. The molecule has 2 saturated heterocycles. The van der Waals surface area contributed by atoms with Gasteiger partial charge in [-0.05, 0) is 146 Å². The molecule has 0 aliphatic carbocycles. The third-order valence-electron chi connectivity index (χ3n) is 14.4. The van der Waals surface area contributed by atoms with Crippen LogP contribution in [0.1, 0.15) is 241 Å². The van der Waals surface area contributed by atoms with Crippen molar-refractivity contribution in [2.24, 2.45) is 44.9 Å². The number of esters is 2. The molecule has 0 spiro atoms. The van der Waals surface area contributed by atoms with Crippen LogP contribution >= 0.6 is 0 Å². The third-order valence-corrected chi connectivity index (χ3v) is 14.4. The monoisotopic (exact) mass is 1220 g/mol. The number of likely N-dealkylation sites (N-methyl/N-ethyl adjacent to an activating group) is 1. The number of unbranched alkanes of at least 4 members (excludes halogenated alkanes) is 8. The molecule has 0 radical (unpaired) electrons. The number of hydrogen-bond acceptors (Lipinski definition) is 14. The number of aromatic nitrogens is 2. The molecule has 0 atom stereocenters. The number of aliphatic imine (C=N–C) groups is 2. The second-order valence-electron chi connectivity index (χ2n) is 26.7. The molecule has 3 aliphatic rings. The van der Waals surface area contributed by atoms with Gasteiger partial charge >= 0.3 is 11.9 Å². The minimum atomic E-state index is -0.138. The van der Waals surface area contributed by atoms with E-state index in [4.69, 9.17) is 26.7 Å². The number of nitrogens with two attached hydrogens (primary N) is 3. The summed E-state index contributed by atoms with van der Waals surface area (Å²) < 4.78 is 12.9. The highest BCUT2D eigenvalue weighted by Gasteiger charge is 2.17. The molecule has 4 heterocycles. The molecule has 7 N–H and O–H groups in total. The zero-order valence-corrected chi connectivity index (χ0v) is 60.6. The number of piperazine rings is 2. The van der Waals surface area contributed by atoms with Gasteiger partial charge in [0.05, 0.1) is 32.4 Å². The number of imidazole rings is 1. The predicted octanol–water partition coefficient (Wildman–Crippen LogP) is 12.9. The number of ether oxygens (including phenoxy) is 2. The van der Waals surface area contributed by atoms with Crippen molar-refractivity contribution in [3.8, 4) is 0 Å². The number of allylic oxidation sites excluding steroid dienone is 1. The Labute approximate surface area is 532 Å². The predicted molar refractivity (Wildman–Crippen MR) is 374 cm³/mol. The Morgan fingerprint density at radius 1 is 0.616 bits per heavy atom. The van der Waals surface area contributed by atoms with Gasteiger partial charge in [0.2, 0.25) is 0 Å². The molecule has 3 aliphatic heterocycles. The zero-order valence-electron chi connectivity index (χ0n) is 60.6. The summed E-state index contributed by atoms with van der Waals surface area (Å²) in [6.07, 6.45) is 25.7. The van der Waals surface area contributed by atoms with E-state index >= 15 is 0 Å². The molecule has 17 nitrogen and oxygen atoms in total. The number of rotatable bonds is 29. The van der Waals surface area contributed by atoms with Crippen LogP contribution in [0.4, 0.5) is 0 Å². The maximum Gasteiger partial charge on any atom is 0.307 e. The van der Waals surface area contributed by atoms with Gasteiger partial charge in [-0.15, -0.1) is 0 Å². The molecular weight excluding hydrogens is 1070 g/mol. The first-order chi connectivity index (χ1) is 40.3. The molecule has 4 rings (SSSR count). The standard InChI is InChI=1S/C29H57NO4.C8H18N2.C7H16N2.C7H11N.C6H10N2.C5H13N.C4H11N3.C3H9N/c1-25(2)17-13-9-7-11-15-23-33-28(31)19-21-30(27(5)6)22-20-29(32)34-24-16-12-8-10-14-18-26(3)4;1-8(2)10-6-4-9(3)5-7-10;1-7(2)9-5-3-8-4-6-9;1-6(2)7-3-4-8-5-7;1-6(2)8-4-3-7-5-8;1-5(2)6(3)4;1-3(2)7-4(5)6;1-3(2)4/h25-27H,7-24H2,1-6H3;8H,4-7H2,1-3H3;7-8H,3-6H2,1-2H3;4-6H,3H2,1-2H3;3-6H,1-2H3;5H,1-4H3;3H,1-2H3,(H4,5,6,7);3H,4H2,1-2H3. The van der Waals surface area contributed by atoms with Crippen LogP contribution in [0.25, 0.3) is 0 Å². The van der Waals surface area contributed by atoms with E-state index < -0.39 is 0 Å². The average Bonchev–Trinajstić information content (AvgIpc) is 4.31. The number of nitrogens with zero attached hydrogens (tertiary/aromatic N) is 9. The molecule has 1 aromatic rings. The molecular formula is C69H145N13O4. The second-order valence-corrected chi connectivity index (χ2v) is 26.7. The van der Waals surface area contributed by atoms with Crippen molar-refractivity contribution in [1.82, 2.24) is 39.4 Å². The SMILES string of the molecule is CC(C)C1=CN=CC1.CC(C)CCCCCCCOC(=O)CCN(CCC(=O)OCCCCCCCC(C)C)C(C)C.CC(C)N.CC(C)N(C)C.CC(C)N1CCN(C)CC1.CC(C)N1CCNCC1.CC(C)N=C(N)N.CC(C)n1ccnc1. The summed E-state index contributed by atoms with van der Waals surface area (Å²) in [7, 11) is 6.34. The Bertz CT molecular complexity index is 1660.